The third kappa shape index (κ3) is 6.70. The van der Waals surface area contributed by atoms with Gasteiger partial charge in [0.1, 0.15) is 23.7 Å². The van der Waals surface area contributed by atoms with Crippen LogP contribution in [0.25, 0.3) is 0 Å². The number of amides is 1. The lowest BCUT2D eigenvalue weighted by Crippen LogP contribution is -2.44. The van der Waals surface area contributed by atoms with Crippen LogP contribution in [-0.2, 0) is 16.6 Å². The molecule has 3 N–H and O–H groups in total. The molecular formula is C25H28F2N8O3S. The average Bonchev–Trinajstić information content (AvgIpc) is 3.39. The zero-order valence-corrected chi connectivity index (χ0v) is 22.1. The predicted octanol–water partition coefficient (Wildman–Crippen LogP) is 2.31. The van der Waals surface area contributed by atoms with E-state index in [4.69, 9.17) is 5.73 Å². The molecule has 0 spiro atoms. The number of hydrogen-bond acceptors (Lipinski definition) is 8. The summed E-state index contributed by atoms with van der Waals surface area (Å²) in [6, 6.07) is 5.32. The van der Waals surface area contributed by atoms with E-state index in [2.05, 4.69) is 25.3 Å². The molecule has 11 nitrogen and oxygen atoms in total. The number of guanidine groups is 1. The van der Waals surface area contributed by atoms with Crippen molar-refractivity contribution in [3.8, 4) is 0 Å². The summed E-state index contributed by atoms with van der Waals surface area (Å²) in [6.07, 6.45) is 6.14. The third-order valence-electron chi connectivity index (χ3n) is 6.36. The van der Waals surface area contributed by atoms with E-state index in [9.17, 15) is 22.0 Å². The van der Waals surface area contributed by atoms with Crippen LogP contribution in [0.3, 0.4) is 0 Å². The molecule has 0 saturated carbocycles. The minimum Gasteiger partial charge on any atom is -0.369 e. The maximum absolute atomic E-state index is 14.7. The molecule has 1 fully saturated rings. The number of carbonyl (C=O) groups is 1. The maximum atomic E-state index is 14.7. The minimum absolute atomic E-state index is 0.0213. The lowest BCUT2D eigenvalue weighted by atomic mass is 10.1. The predicted molar refractivity (Wildman–Crippen MR) is 141 cm³/mol. The summed E-state index contributed by atoms with van der Waals surface area (Å²) in [6.45, 7) is 2.97. The molecule has 0 radical (unpaired) electrons. The topological polar surface area (TPSA) is 147 Å². The zero-order chi connectivity index (χ0) is 28.2. The van der Waals surface area contributed by atoms with Crippen molar-refractivity contribution in [2.45, 2.75) is 31.2 Å². The Balaban J connectivity index is 1.43. The SMILES string of the molecule is C[C@@H](N=C(N)N(C)S(=O)(=O)[C@H]1CCN(Cc2cncnc2)C1)c1cc(NC(=O)c2ccc(F)cn2)ccc1F. The van der Waals surface area contributed by atoms with Crippen LogP contribution in [0.15, 0.2) is 60.2 Å². The van der Waals surface area contributed by atoms with E-state index in [-0.39, 0.29) is 22.9 Å². The van der Waals surface area contributed by atoms with Crippen LogP contribution in [-0.4, -0.2) is 69.8 Å². The molecule has 0 bridgehead atoms. The van der Waals surface area contributed by atoms with Crippen molar-refractivity contribution in [1.82, 2.24) is 24.2 Å². The van der Waals surface area contributed by atoms with Crippen molar-refractivity contribution >= 4 is 27.6 Å². The average molecular weight is 559 g/mol. The van der Waals surface area contributed by atoms with Gasteiger partial charge in [-0.25, -0.2) is 41.4 Å². The van der Waals surface area contributed by atoms with Gasteiger partial charge in [0.2, 0.25) is 16.0 Å². The molecule has 2 aromatic heterocycles. The van der Waals surface area contributed by atoms with Gasteiger partial charge in [-0.2, -0.15) is 0 Å². The lowest BCUT2D eigenvalue weighted by molar-refractivity contribution is 0.102. The normalized spacial score (nSPS) is 17.1. The number of halogens is 2. The molecule has 1 amide bonds. The van der Waals surface area contributed by atoms with E-state index < -0.39 is 38.9 Å². The van der Waals surface area contributed by atoms with Gasteiger partial charge in [0.25, 0.3) is 5.91 Å². The van der Waals surface area contributed by atoms with E-state index in [0.717, 1.165) is 28.2 Å². The fourth-order valence-electron chi connectivity index (χ4n) is 4.20. The van der Waals surface area contributed by atoms with Gasteiger partial charge in [0.15, 0.2) is 0 Å². The number of nitrogens with zero attached hydrogens (tertiary/aromatic N) is 6. The van der Waals surface area contributed by atoms with Crippen molar-refractivity contribution in [2.75, 3.05) is 25.5 Å². The highest BCUT2D eigenvalue weighted by Gasteiger charge is 2.37. The van der Waals surface area contributed by atoms with E-state index >= 15 is 0 Å². The smallest absolute Gasteiger partial charge is 0.274 e. The molecule has 4 rings (SSSR count). The van der Waals surface area contributed by atoms with Crippen LogP contribution in [0.5, 0.6) is 0 Å². The van der Waals surface area contributed by atoms with E-state index in [1.165, 1.54) is 31.6 Å². The van der Waals surface area contributed by atoms with Crippen molar-refractivity contribution < 1.29 is 22.0 Å². The summed E-state index contributed by atoms with van der Waals surface area (Å²) in [5.41, 5.74) is 7.26. The summed E-state index contributed by atoms with van der Waals surface area (Å²) < 4.78 is 55.2. The van der Waals surface area contributed by atoms with Crippen LogP contribution in [0.2, 0.25) is 0 Å². The molecular weight excluding hydrogens is 530 g/mol. The number of sulfonamides is 1. The number of aromatic nitrogens is 3. The van der Waals surface area contributed by atoms with Gasteiger partial charge in [0.05, 0.1) is 17.5 Å². The number of nitrogens with one attached hydrogen (secondary N) is 1. The van der Waals surface area contributed by atoms with Crippen LogP contribution < -0.4 is 11.1 Å². The number of rotatable bonds is 8. The summed E-state index contributed by atoms with van der Waals surface area (Å²) in [7, 11) is -2.52. The van der Waals surface area contributed by atoms with E-state index in [1.54, 1.807) is 19.3 Å². The van der Waals surface area contributed by atoms with Gasteiger partial charge in [-0.15, -0.1) is 0 Å². The highest BCUT2D eigenvalue weighted by Crippen LogP contribution is 2.26. The lowest BCUT2D eigenvalue weighted by Gasteiger charge is -2.24. The second kappa shape index (κ2) is 11.8. The molecule has 206 valence electrons. The molecule has 14 heteroatoms. The van der Waals surface area contributed by atoms with Crippen LogP contribution in [0, 0.1) is 11.6 Å². The van der Waals surface area contributed by atoms with Gasteiger partial charge < -0.3 is 11.1 Å². The van der Waals surface area contributed by atoms with Crippen LogP contribution >= 0.6 is 0 Å². The second-order valence-electron chi connectivity index (χ2n) is 9.12. The molecule has 3 aromatic rings. The number of nitrogens with two attached hydrogens (primary N) is 1. The third-order valence-corrected chi connectivity index (χ3v) is 8.54. The van der Waals surface area contributed by atoms with Gasteiger partial charge in [-0.1, -0.05) is 0 Å². The Morgan fingerprint density at radius 2 is 1.97 bits per heavy atom. The first-order chi connectivity index (χ1) is 18.5. The minimum atomic E-state index is -3.84. The molecule has 3 heterocycles. The van der Waals surface area contributed by atoms with Gasteiger partial charge in [-0.3, -0.25) is 9.69 Å². The van der Waals surface area contributed by atoms with Gasteiger partial charge in [-0.05, 0) is 50.2 Å². The number of hydrogen-bond donors (Lipinski definition) is 2. The van der Waals surface area contributed by atoms with Gasteiger partial charge >= 0.3 is 0 Å². The molecule has 1 aromatic carbocycles. The first-order valence-corrected chi connectivity index (χ1v) is 13.5. The fraction of sp³-hybridized carbons (Fsp3) is 0.320. The molecule has 2 atom stereocenters. The summed E-state index contributed by atoms with van der Waals surface area (Å²) in [4.78, 5) is 30.3. The maximum Gasteiger partial charge on any atom is 0.274 e. The first-order valence-electron chi connectivity index (χ1n) is 12.0. The molecule has 0 unspecified atom stereocenters. The standard InChI is InChI=1S/C25H28F2N8O3S/c1-16(21-9-19(4-5-22(21)27)33-24(36)23-6-3-18(26)12-31-23)32-25(28)34(2)39(37,38)20-7-8-35(14-20)13-17-10-29-15-30-11-17/h3-6,9-12,15-16,20H,7-8,13-14H2,1-2H3,(H2,28,32)(H,33,36)/t16-,20+/m1/s1. The number of benzene rings is 1. The van der Waals surface area contributed by atoms with E-state index in [1.807, 2.05) is 4.90 Å². The zero-order valence-electron chi connectivity index (χ0n) is 21.3. The summed E-state index contributed by atoms with van der Waals surface area (Å²) >= 11 is 0. The fourth-order valence-corrected chi connectivity index (χ4v) is 5.76. The Labute approximate surface area is 224 Å². The Morgan fingerprint density at radius 3 is 2.67 bits per heavy atom. The summed E-state index contributed by atoms with van der Waals surface area (Å²) in [5, 5.41) is 1.88. The quantitative estimate of drug-likeness (QED) is 0.316. The van der Waals surface area contributed by atoms with Crippen molar-refractivity contribution in [2.24, 2.45) is 10.7 Å². The molecule has 0 aliphatic carbocycles. The van der Waals surface area contributed by atoms with Crippen molar-refractivity contribution in [1.29, 1.82) is 0 Å². The molecule has 1 aliphatic heterocycles. The first kappa shape index (κ1) is 28.0. The monoisotopic (exact) mass is 558 g/mol. The van der Waals surface area contributed by atoms with Crippen molar-refractivity contribution in [3.63, 3.8) is 0 Å². The molecule has 1 saturated heterocycles. The number of anilines is 1. The highest BCUT2D eigenvalue weighted by atomic mass is 32.2. The van der Waals surface area contributed by atoms with Crippen LogP contribution in [0.4, 0.5) is 14.5 Å². The largest absolute Gasteiger partial charge is 0.369 e. The number of aliphatic imine (C=N–C) groups is 1. The Kier molecular flexibility index (Phi) is 8.45. The second-order valence-corrected chi connectivity index (χ2v) is 11.4. The Morgan fingerprint density at radius 1 is 1.23 bits per heavy atom. The van der Waals surface area contributed by atoms with Crippen molar-refractivity contribution in [3.05, 3.63) is 83.7 Å². The molecule has 39 heavy (non-hydrogen) atoms. The van der Waals surface area contributed by atoms with Gasteiger partial charge in [0, 0.05) is 49.3 Å². The van der Waals surface area contributed by atoms with E-state index in [0.29, 0.717) is 26.1 Å². The number of carbonyl (C=O) groups excluding carboxylic acids is 1. The van der Waals surface area contributed by atoms with Crippen LogP contribution in [0.1, 0.15) is 41.0 Å². The number of likely N-dealkylation sites (tertiary alicyclic amines) is 1. The number of pyridine rings is 1. The molecule has 1 aliphatic rings. The highest BCUT2D eigenvalue weighted by molar-refractivity contribution is 7.90. The Bertz CT molecular complexity index is 1460. The summed E-state index contributed by atoms with van der Waals surface area (Å²) in [5.74, 6) is -2.10. The Hall–Kier alpha value is -4.04.